The summed E-state index contributed by atoms with van der Waals surface area (Å²) in [5, 5.41) is 16.9. The second-order valence-corrected chi connectivity index (χ2v) is 6.60. The molecule has 1 aromatic heterocycles. The molecular formula is C15H22N2O3S. The Morgan fingerprint density at radius 2 is 2.24 bits per heavy atom. The van der Waals surface area contributed by atoms with Crippen LogP contribution in [0.1, 0.15) is 49.9 Å². The van der Waals surface area contributed by atoms with Crippen LogP contribution in [0.2, 0.25) is 0 Å². The lowest BCUT2D eigenvalue weighted by atomic mass is 9.69. The molecule has 1 aromatic rings. The van der Waals surface area contributed by atoms with Gasteiger partial charge in [0, 0.05) is 11.4 Å². The lowest BCUT2D eigenvalue weighted by molar-refractivity contribution is -0.153. The Kier molecular flexibility index (Phi) is 5.22. The van der Waals surface area contributed by atoms with Gasteiger partial charge in [0.05, 0.1) is 11.5 Å². The first-order chi connectivity index (χ1) is 10.1. The molecule has 1 atom stereocenters. The number of aliphatic carboxylic acids is 1. The van der Waals surface area contributed by atoms with Crippen LogP contribution in [-0.4, -0.2) is 23.7 Å². The van der Waals surface area contributed by atoms with Crippen molar-refractivity contribution in [1.82, 2.24) is 10.6 Å². The minimum Gasteiger partial charge on any atom is -0.481 e. The minimum absolute atomic E-state index is 0.00262. The van der Waals surface area contributed by atoms with Gasteiger partial charge in [-0.3, -0.25) is 4.79 Å². The second kappa shape index (κ2) is 6.93. The van der Waals surface area contributed by atoms with E-state index in [0.29, 0.717) is 12.8 Å². The van der Waals surface area contributed by atoms with Crippen molar-refractivity contribution in [3.63, 3.8) is 0 Å². The van der Waals surface area contributed by atoms with Crippen LogP contribution >= 0.6 is 11.3 Å². The van der Waals surface area contributed by atoms with E-state index < -0.39 is 11.4 Å². The molecule has 0 aromatic carbocycles. The maximum Gasteiger partial charge on any atom is 0.315 e. The highest BCUT2D eigenvalue weighted by Crippen LogP contribution is 2.40. The van der Waals surface area contributed by atoms with Crippen molar-refractivity contribution in [2.45, 2.75) is 45.1 Å². The first-order valence-corrected chi connectivity index (χ1v) is 8.26. The molecule has 6 heteroatoms. The first kappa shape index (κ1) is 15.8. The monoisotopic (exact) mass is 310 g/mol. The minimum atomic E-state index is -0.808. The molecule has 2 rings (SSSR count). The average molecular weight is 310 g/mol. The van der Waals surface area contributed by atoms with Crippen molar-refractivity contribution in [1.29, 1.82) is 0 Å². The molecule has 3 N–H and O–H groups in total. The number of hydrogen-bond acceptors (Lipinski definition) is 3. The number of carbonyl (C=O) groups is 2. The van der Waals surface area contributed by atoms with Crippen molar-refractivity contribution >= 4 is 23.3 Å². The van der Waals surface area contributed by atoms with Gasteiger partial charge in [0.15, 0.2) is 0 Å². The smallest absolute Gasteiger partial charge is 0.315 e. The fraction of sp³-hybridized carbons (Fsp3) is 0.600. The van der Waals surface area contributed by atoms with Gasteiger partial charge in [-0.15, -0.1) is 11.3 Å². The Balaban J connectivity index is 1.86. The zero-order valence-corrected chi connectivity index (χ0v) is 13.0. The van der Waals surface area contributed by atoms with Gasteiger partial charge in [-0.2, -0.15) is 0 Å². The highest BCUT2D eigenvalue weighted by Gasteiger charge is 2.44. The topological polar surface area (TPSA) is 78.4 Å². The third-order valence-corrected chi connectivity index (χ3v) is 5.11. The van der Waals surface area contributed by atoms with Gasteiger partial charge in [-0.1, -0.05) is 25.8 Å². The van der Waals surface area contributed by atoms with Crippen LogP contribution in [0, 0.1) is 5.41 Å². The van der Waals surface area contributed by atoms with E-state index >= 15 is 0 Å². The number of rotatable bonds is 7. The van der Waals surface area contributed by atoms with Gasteiger partial charge >= 0.3 is 12.0 Å². The number of urea groups is 1. The molecule has 5 nitrogen and oxygen atoms in total. The number of carboxylic acids is 1. The lowest BCUT2D eigenvalue weighted by Gasteiger charge is -2.37. The first-order valence-electron chi connectivity index (χ1n) is 7.38. The van der Waals surface area contributed by atoms with E-state index in [-0.39, 0.29) is 18.6 Å². The van der Waals surface area contributed by atoms with E-state index in [0.717, 1.165) is 24.1 Å². The molecule has 0 aliphatic heterocycles. The Morgan fingerprint density at radius 3 is 2.71 bits per heavy atom. The number of carbonyl (C=O) groups excluding carboxylic acids is 1. The molecule has 1 aliphatic rings. The molecule has 1 fully saturated rings. The fourth-order valence-corrected chi connectivity index (χ4v) is 3.40. The maximum absolute atomic E-state index is 12.0. The molecule has 1 unspecified atom stereocenters. The zero-order chi connectivity index (χ0) is 15.3. The van der Waals surface area contributed by atoms with Crippen LogP contribution in [0.4, 0.5) is 4.79 Å². The quantitative estimate of drug-likeness (QED) is 0.724. The standard InChI is InChI=1S/C15H22N2O3S/c1-2-5-11(12-6-3-9-21-12)17-14(20)16-10-15(13(18)19)7-4-8-15/h3,6,9,11H,2,4-5,7-8,10H2,1H3,(H,18,19)(H2,16,17,20). The lowest BCUT2D eigenvalue weighted by Crippen LogP contribution is -2.50. The highest BCUT2D eigenvalue weighted by atomic mass is 32.1. The molecule has 2 amide bonds. The van der Waals surface area contributed by atoms with Gasteiger partial charge in [-0.05, 0) is 30.7 Å². The molecule has 0 radical (unpaired) electrons. The largest absolute Gasteiger partial charge is 0.481 e. The second-order valence-electron chi connectivity index (χ2n) is 5.62. The van der Waals surface area contributed by atoms with Gasteiger partial charge < -0.3 is 15.7 Å². The number of amides is 2. The van der Waals surface area contributed by atoms with Crippen LogP contribution in [-0.2, 0) is 4.79 Å². The van der Waals surface area contributed by atoms with Crippen LogP contribution in [0.25, 0.3) is 0 Å². The molecule has 1 saturated carbocycles. The van der Waals surface area contributed by atoms with Crippen molar-refractivity contribution in [3.8, 4) is 0 Å². The van der Waals surface area contributed by atoms with E-state index in [9.17, 15) is 14.7 Å². The third kappa shape index (κ3) is 3.75. The SMILES string of the molecule is CCCC(NC(=O)NCC1(C(=O)O)CCC1)c1cccs1. The highest BCUT2D eigenvalue weighted by molar-refractivity contribution is 7.10. The normalized spacial score (nSPS) is 17.6. The van der Waals surface area contributed by atoms with Gasteiger partial charge in [0.25, 0.3) is 0 Å². The Hall–Kier alpha value is -1.56. The fourth-order valence-electron chi connectivity index (χ4n) is 2.59. The van der Waals surface area contributed by atoms with Crippen LogP contribution in [0.5, 0.6) is 0 Å². The predicted octanol–water partition coefficient (Wildman–Crippen LogP) is 3.14. The summed E-state index contributed by atoms with van der Waals surface area (Å²) in [5.74, 6) is -0.808. The van der Waals surface area contributed by atoms with Crippen LogP contribution < -0.4 is 10.6 Å². The van der Waals surface area contributed by atoms with E-state index in [4.69, 9.17) is 0 Å². The summed E-state index contributed by atoms with van der Waals surface area (Å²) < 4.78 is 0. The van der Waals surface area contributed by atoms with E-state index in [1.165, 1.54) is 0 Å². The van der Waals surface area contributed by atoms with Crippen molar-refractivity contribution in [2.75, 3.05) is 6.54 Å². The molecule has 116 valence electrons. The average Bonchev–Trinajstić information content (AvgIpc) is 2.90. The van der Waals surface area contributed by atoms with Crippen LogP contribution in [0.15, 0.2) is 17.5 Å². The van der Waals surface area contributed by atoms with E-state index in [1.807, 2.05) is 17.5 Å². The zero-order valence-electron chi connectivity index (χ0n) is 12.2. The summed E-state index contributed by atoms with van der Waals surface area (Å²) in [4.78, 5) is 24.4. The molecular weight excluding hydrogens is 288 g/mol. The molecule has 0 saturated heterocycles. The summed E-state index contributed by atoms with van der Waals surface area (Å²) in [6.07, 6.45) is 4.06. The number of thiophene rings is 1. The molecule has 1 aliphatic carbocycles. The Labute approximate surface area is 128 Å². The molecule has 1 heterocycles. The predicted molar refractivity (Wildman–Crippen MR) is 82.4 cm³/mol. The summed E-state index contributed by atoms with van der Waals surface area (Å²) in [7, 11) is 0. The number of carboxylic acid groups (broad SMARTS) is 1. The molecule has 0 bridgehead atoms. The molecule has 0 spiro atoms. The van der Waals surface area contributed by atoms with Gasteiger partial charge in [0.2, 0.25) is 0 Å². The van der Waals surface area contributed by atoms with Gasteiger partial charge in [-0.25, -0.2) is 4.79 Å². The van der Waals surface area contributed by atoms with E-state index in [1.54, 1.807) is 11.3 Å². The Morgan fingerprint density at radius 1 is 1.48 bits per heavy atom. The Bertz CT molecular complexity index is 483. The van der Waals surface area contributed by atoms with Crippen molar-refractivity contribution < 1.29 is 14.7 Å². The number of hydrogen-bond donors (Lipinski definition) is 3. The summed E-state index contributed by atoms with van der Waals surface area (Å²) in [6, 6.07) is 3.69. The molecule has 21 heavy (non-hydrogen) atoms. The summed E-state index contributed by atoms with van der Waals surface area (Å²) in [6.45, 7) is 2.28. The van der Waals surface area contributed by atoms with Gasteiger partial charge in [0.1, 0.15) is 0 Å². The van der Waals surface area contributed by atoms with Crippen LogP contribution in [0.3, 0.4) is 0 Å². The maximum atomic E-state index is 12.0. The van der Waals surface area contributed by atoms with E-state index in [2.05, 4.69) is 17.6 Å². The third-order valence-electron chi connectivity index (χ3n) is 4.12. The summed E-state index contributed by atoms with van der Waals surface area (Å²) >= 11 is 1.62. The van der Waals surface area contributed by atoms with Crippen molar-refractivity contribution in [3.05, 3.63) is 22.4 Å². The summed E-state index contributed by atoms with van der Waals surface area (Å²) in [5.41, 5.74) is -0.749. The number of nitrogens with one attached hydrogen (secondary N) is 2. The van der Waals surface area contributed by atoms with Crippen molar-refractivity contribution in [2.24, 2.45) is 5.41 Å².